The molecular weight excluding hydrogens is 490 g/mol. The van der Waals surface area contributed by atoms with Gasteiger partial charge in [0.1, 0.15) is 5.82 Å². The molecule has 39 heavy (non-hydrogen) atoms. The van der Waals surface area contributed by atoms with Crippen molar-refractivity contribution in [2.45, 2.75) is 25.8 Å². The molecule has 9 nitrogen and oxygen atoms in total. The minimum absolute atomic E-state index is 0.0311. The summed E-state index contributed by atoms with van der Waals surface area (Å²) in [5.74, 6) is 0.423. The highest BCUT2D eigenvalue weighted by molar-refractivity contribution is 6.00. The van der Waals surface area contributed by atoms with E-state index in [1.54, 1.807) is 24.3 Å². The number of nitrogens with zero attached hydrogens (tertiary/aromatic N) is 4. The third kappa shape index (κ3) is 4.74. The van der Waals surface area contributed by atoms with Gasteiger partial charge in [-0.05, 0) is 62.2 Å². The number of H-pyrrole nitrogens is 1. The number of carbonyl (C=O) groups excluding carboxylic acids is 2. The van der Waals surface area contributed by atoms with Crippen molar-refractivity contribution in [2.75, 3.05) is 23.7 Å². The molecule has 1 unspecified atom stereocenters. The molecule has 1 saturated heterocycles. The second-order valence-electron chi connectivity index (χ2n) is 9.83. The minimum Gasteiger partial charge on any atom is -0.364 e. The van der Waals surface area contributed by atoms with E-state index in [0.29, 0.717) is 24.3 Å². The number of hydrogen-bond acceptors (Lipinski definition) is 5. The van der Waals surface area contributed by atoms with Crippen molar-refractivity contribution >= 4 is 39.9 Å². The standard InChI is InChI=1S/C30H29N7O2/c1-3-28(38)34-21-12-10-20(11-13-21)30(39)36-14-6-7-22(18-36)33-27-15-24(29-32-16-19(2)37(29)35-27)25-17-31-26-9-5-4-8-23(25)26/h3-5,8-13,15-17,22,31H,1,6-7,14,18H2,2H3,(H,33,35)(H,34,38). The van der Waals surface area contributed by atoms with Gasteiger partial charge in [0.05, 0.1) is 11.9 Å². The number of fused-ring (bicyclic) bond motifs is 2. The minimum atomic E-state index is -0.287. The summed E-state index contributed by atoms with van der Waals surface area (Å²) in [5.41, 5.74) is 6.08. The van der Waals surface area contributed by atoms with E-state index in [2.05, 4.69) is 45.4 Å². The Balaban J connectivity index is 1.23. The van der Waals surface area contributed by atoms with Gasteiger partial charge in [0.15, 0.2) is 5.65 Å². The van der Waals surface area contributed by atoms with Crippen LogP contribution in [0, 0.1) is 6.92 Å². The van der Waals surface area contributed by atoms with E-state index in [1.807, 2.05) is 40.9 Å². The van der Waals surface area contributed by atoms with Gasteiger partial charge in [-0.2, -0.15) is 0 Å². The van der Waals surface area contributed by atoms with Crippen LogP contribution in [0.5, 0.6) is 0 Å². The topological polar surface area (TPSA) is 107 Å². The van der Waals surface area contributed by atoms with Gasteiger partial charge in [-0.1, -0.05) is 24.8 Å². The van der Waals surface area contributed by atoms with Crippen LogP contribution in [-0.2, 0) is 4.79 Å². The number of nitrogens with one attached hydrogen (secondary N) is 3. The van der Waals surface area contributed by atoms with Crippen molar-refractivity contribution in [3.63, 3.8) is 0 Å². The number of aromatic nitrogens is 4. The summed E-state index contributed by atoms with van der Waals surface area (Å²) < 4.78 is 1.87. The fraction of sp³-hybridized carbons (Fsp3) is 0.200. The molecule has 0 aliphatic carbocycles. The number of imidazole rings is 1. The van der Waals surface area contributed by atoms with Crippen LogP contribution >= 0.6 is 0 Å². The first kappa shape index (κ1) is 24.4. The monoisotopic (exact) mass is 519 g/mol. The Morgan fingerprint density at radius 3 is 2.77 bits per heavy atom. The number of benzene rings is 2. The van der Waals surface area contributed by atoms with Crippen LogP contribution in [0.4, 0.5) is 11.5 Å². The number of amides is 2. The lowest BCUT2D eigenvalue weighted by Crippen LogP contribution is -2.45. The SMILES string of the molecule is C=CC(=O)Nc1ccc(C(=O)N2CCCC(Nc3cc(-c4c[nH]c5ccccc45)c4ncc(C)n4n3)C2)cc1. The van der Waals surface area contributed by atoms with E-state index in [-0.39, 0.29) is 17.9 Å². The predicted molar refractivity (Wildman–Crippen MR) is 153 cm³/mol. The van der Waals surface area contributed by atoms with Crippen molar-refractivity contribution in [3.8, 4) is 11.1 Å². The zero-order valence-electron chi connectivity index (χ0n) is 21.6. The largest absolute Gasteiger partial charge is 0.364 e. The van der Waals surface area contributed by atoms with Gasteiger partial charge in [-0.25, -0.2) is 9.50 Å². The predicted octanol–water partition coefficient (Wildman–Crippen LogP) is 5.03. The number of para-hydroxylation sites is 1. The Labute approximate surface area is 225 Å². The smallest absolute Gasteiger partial charge is 0.253 e. The molecule has 1 aliphatic heterocycles. The van der Waals surface area contributed by atoms with Crippen LogP contribution in [0.25, 0.3) is 27.7 Å². The van der Waals surface area contributed by atoms with Gasteiger partial charge in [-0.3, -0.25) is 9.59 Å². The average Bonchev–Trinajstić information content (AvgIpc) is 3.56. The molecule has 2 amide bonds. The van der Waals surface area contributed by atoms with E-state index < -0.39 is 0 Å². The highest BCUT2D eigenvalue weighted by Crippen LogP contribution is 2.33. The number of likely N-dealkylation sites (tertiary alicyclic amines) is 1. The van der Waals surface area contributed by atoms with E-state index >= 15 is 0 Å². The molecule has 6 rings (SSSR count). The van der Waals surface area contributed by atoms with E-state index in [0.717, 1.165) is 52.0 Å². The Bertz CT molecular complexity index is 1700. The van der Waals surface area contributed by atoms with Crippen molar-refractivity contribution in [1.29, 1.82) is 0 Å². The van der Waals surface area contributed by atoms with Gasteiger partial charge in [0, 0.05) is 58.6 Å². The third-order valence-electron chi connectivity index (χ3n) is 7.16. The maximum absolute atomic E-state index is 13.3. The van der Waals surface area contributed by atoms with Crippen LogP contribution in [0.1, 0.15) is 28.9 Å². The molecule has 4 heterocycles. The summed E-state index contributed by atoms with van der Waals surface area (Å²) in [6, 6.07) is 17.3. The van der Waals surface area contributed by atoms with Crippen molar-refractivity contribution < 1.29 is 9.59 Å². The summed E-state index contributed by atoms with van der Waals surface area (Å²) >= 11 is 0. The maximum Gasteiger partial charge on any atom is 0.253 e. The van der Waals surface area contributed by atoms with Crippen LogP contribution in [0.3, 0.4) is 0 Å². The van der Waals surface area contributed by atoms with Crippen molar-refractivity contribution in [2.24, 2.45) is 0 Å². The normalized spacial score (nSPS) is 15.4. The number of piperidine rings is 1. The zero-order valence-corrected chi connectivity index (χ0v) is 21.6. The molecule has 9 heteroatoms. The first-order valence-electron chi connectivity index (χ1n) is 13.0. The average molecular weight is 520 g/mol. The molecule has 0 saturated carbocycles. The quantitative estimate of drug-likeness (QED) is 0.273. The number of hydrogen-bond donors (Lipinski definition) is 3. The van der Waals surface area contributed by atoms with E-state index in [1.165, 1.54) is 6.08 Å². The molecule has 0 radical (unpaired) electrons. The van der Waals surface area contributed by atoms with E-state index in [9.17, 15) is 9.59 Å². The molecule has 1 fully saturated rings. The number of aryl methyl sites for hydroxylation is 1. The number of aromatic amines is 1. The maximum atomic E-state index is 13.3. The number of carbonyl (C=O) groups is 2. The summed E-state index contributed by atoms with van der Waals surface area (Å²) in [5, 5.41) is 12.3. The summed E-state index contributed by atoms with van der Waals surface area (Å²) in [4.78, 5) is 34.7. The van der Waals surface area contributed by atoms with E-state index in [4.69, 9.17) is 5.10 Å². The Hall–Kier alpha value is -4.92. The van der Waals surface area contributed by atoms with Crippen molar-refractivity contribution in [1.82, 2.24) is 24.5 Å². The molecule has 1 aliphatic rings. The third-order valence-corrected chi connectivity index (χ3v) is 7.16. The summed E-state index contributed by atoms with van der Waals surface area (Å²) in [7, 11) is 0. The van der Waals surface area contributed by atoms with Crippen LogP contribution in [0.2, 0.25) is 0 Å². The first-order valence-corrected chi connectivity index (χ1v) is 13.0. The van der Waals surface area contributed by atoms with Gasteiger partial charge < -0.3 is 20.5 Å². The highest BCUT2D eigenvalue weighted by Gasteiger charge is 2.25. The molecule has 196 valence electrons. The molecule has 0 bridgehead atoms. The number of rotatable bonds is 6. The van der Waals surface area contributed by atoms with Gasteiger partial charge in [0.25, 0.3) is 5.91 Å². The number of anilines is 2. The van der Waals surface area contributed by atoms with Crippen LogP contribution in [0.15, 0.2) is 79.6 Å². The van der Waals surface area contributed by atoms with Gasteiger partial charge >= 0.3 is 0 Å². The molecule has 5 aromatic rings. The molecule has 3 N–H and O–H groups in total. The van der Waals surface area contributed by atoms with Crippen molar-refractivity contribution in [3.05, 3.63) is 90.9 Å². The first-order chi connectivity index (χ1) is 19.0. The Morgan fingerprint density at radius 1 is 1.13 bits per heavy atom. The molecule has 2 aromatic carbocycles. The fourth-order valence-corrected chi connectivity index (χ4v) is 5.20. The Kier molecular flexibility index (Phi) is 6.32. The van der Waals surface area contributed by atoms with Gasteiger partial charge in [-0.15, -0.1) is 5.10 Å². The zero-order chi connectivity index (χ0) is 26.9. The lowest BCUT2D eigenvalue weighted by Gasteiger charge is -2.33. The summed E-state index contributed by atoms with van der Waals surface area (Å²) in [6.07, 6.45) is 6.88. The lowest BCUT2D eigenvalue weighted by molar-refractivity contribution is -0.111. The Morgan fingerprint density at radius 2 is 1.95 bits per heavy atom. The lowest BCUT2D eigenvalue weighted by atomic mass is 10.0. The molecular formula is C30H29N7O2. The highest BCUT2D eigenvalue weighted by atomic mass is 16.2. The summed E-state index contributed by atoms with van der Waals surface area (Å²) in [6.45, 7) is 6.71. The molecule has 1 atom stereocenters. The second-order valence-corrected chi connectivity index (χ2v) is 9.83. The van der Waals surface area contributed by atoms with Gasteiger partial charge in [0.2, 0.25) is 5.91 Å². The molecule has 0 spiro atoms. The molecule has 3 aromatic heterocycles. The van der Waals surface area contributed by atoms with Crippen LogP contribution < -0.4 is 10.6 Å². The van der Waals surface area contributed by atoms with Crippen LogP contribution in [-0.4, -0.2) is 55.4 Å². The second kappa shape index (κ2) is 10.1. The fourth-order valence-electron chi connectivity index (χ4n) is 5.20.